The fourth-order valence-electron chi connectivity index (χ4n) is 2.22. The Morgan fingerprint density at radius 1 is 1.31 bits per heavy atom. The van der Waals surface area contributed by atoms with Crippen LogP contribution < -0.4 is 10.6 Å². The van der Waals surface area contributed by atoms with Crippen molar-refractivity contribution in [2.75, 3.05) is 13.6 Å². The molecule has 0 aliphatic rings. The van der Waals surface area contributed by atoms with Crippen molar-refractivity contribution < 1.29 is 4.42 Å². The first-order chi connectivity index (χ1) is 12.2. The third-order valence-electron chi connectivity index (χ3n) is 3.63. The number of aliphatic imine (C=N–C) groups is 1. The number of halogens is 1. The minimum Gasteiger partial charge on any atom is -0.461 e. The topological polar surface area (TPSA) is 104 Å². The lowest BCUT2D eigenvalue weighted by Crippen LogP contribution is -2.37. The minimum atomic E-state index is 0. The van der Waals surface area contributed by atoms with Crippen LogP contribution >= 0.6 is 35.3 Å². The van der Waals surface area contributed by atoms with Crippen molar-refractivity contribution >= 4 is 41.3 Å². The standard InChI is InChI=1S/C16H21N7OS.HI/c1-10-11(2)25-14(20-10)9-19-16(17-3)18-7-6-13-21-15(23-22-13)12-5-4-8-24-12;/h4-5,8H,6-7,9H2,1-3H3,(H2,17,18,19)(H,21,22,23);1H. The van der Waals surface area contributed by atoms with E-state index in [2.05, 4.69) is 42.7 Å². The zero-order valence-electron chi connectivity index (χ0n) is 14.9. The fraction of sp³-hybridized carbons (Fsp3) is 0.375. The Hall–Kier alpha value is -1.95. The summed E-state index contributed by atoms with van der Waals surface area (Å²) in [4.78, 5) is 14.4. The summed E-state index contributed by atoms with van der Waals surface area (Å²) in [6.07, 6.45) is 2.30. The largest absolute Gasteiger partial charge is 0.461 e. The van der Waals surface area contributed by atoms with Crippen molar-refractivity contribution in [2.45, 2.75) is 26.8 Å². The van der Waals surface area contributed by atoms with Crippen LogP contribution in [0.15, 0.2) is 27.8 Å². The van der Waals surface area contributed by atoms with Crippen LogP contribution in [0.25, 0.3) is 11.6 Å². The van der Waals surface area contributed by atoms with Crippen LogP contribution in [0.1, 0.15) is 21.4 Å². The van der Waals surface area contributed by atoms with E-state index in [4.69, 9.17) is 4.42 Å². The summed E-state index contributed by atoms with van der Waals surface area (Å²) in [7, 11) is 1.75. The van der Waals surface area contributed by atoms with E-state index in [9.17, 15) is 0 Å². The van der Waals surface area contributed by atoms with Gasteiger partial charge in [0.05, 0.1) is 18.5 Å². The average Bonchev–Trinajstić information content (AvgIpc) is 3.33. The van der Waals surface area contributed by atoms with Gasteiger partial charge >= 0.3 is 0 Å². The van der Waals surface area contributed by atoms with Gasteiger partial charge in [-0.1, -0.05) is 0 Å². The Kier molecular flexibility index (Phi) is 7.57. The molecule has 0 aromatic carbocycles. The maximum absolute atomic E-state index is 5.28. The van der Waals surface area contributed by atoms with Gasteiger partial charge in [-0.15, -0.1) is 35.3 Å². The molecular weight excluding hydrogens is 465 g/mol. The number of aromatic nitrogens is 4. The highest BCUT2D eigenvalue weighted by Gasteiger charge is 2.08. The molecule has 0 atom stereocenters. The van der Waals surface area contributed by atoms with Crippen LogP contribution in [0.5, 0.6) is 0 Å². The highest BCUT2D eigenvalue weighted by Crippen LogP contribution is 2.16. The molecule has 0 unspecified atom stereocenters. The van der Waals surface area contributed by atoms with Gasteiger partial charge in [0, 0.05) is 24.9 Å². The second-order valence-electron chi connectivity index (χ2n) is 5.43. The third kappa shape index (κ3) is 5.27. The molecule has 0 saturated carbocycles. The Labute approximate surface area is 173 Å². The first kappa shape index (κ1) is 20.4. The molecule has 3 heterocycles. The van der Waals surface area contributed by atoms with Crippen molar-refractivity contribution in [3.05, 3.63) is 39.8 Å². The summed E-state index contributed by atoms with van der Waals surface area (Å²) in [5.41, 5.74) is 1.09. The van der Waals surface area contributed by atoms with Crippen molar-refractivity contribution in [1.82, 2.24) is 30.8 Å². The molecule has 10 heteroatoms. The zero-order valence-corrected chi connectivity index (χ0v) is 18.0. The lowest BCUT2D eigenvalue weighted by molar-refractivity contribution is 0.577. The molecule has 0 saturated heterocycles. The van der Waals surface area contributed by atoms with Gasteiger partial charge in [-0.2, -0.15) is 5.10 Å². The van der Waals surface area contributed by atoms with Crippen LogP contribution in [0.4, 0.5) is 0 Å². The smallest absolute Gasteiger partial charge is 0.216 e. The summed E-state index contributed by atoms with van der Waals surface area (Å²) < 4.78 is 5.28. The van der Waals surface area contributed by atoms with Gasteiger partial charge in [0.2, 0.25) is 5.82 Å². The van der Waals surface area contributed by atoms with Crippen LogP contribution in [0, 0.1) is 13.8 Å². The molecule has 140 valence electrons. The van der Waals surface area contributed by atoms with Gasteiger partial charge in [0.25, 0.3) is 0 Å². The molecule has 3 rings (SSSR count). The van der Waals surface area contributed by atoms with Crippen molar-refractivity contribution in [1.29, 1.82) is 0 Å². The van der Waals surface area contributed by atoms with Crippen LogP contribution in [0.3, 0.4) is 0 Å². The molecular formula is C16H22IN7OS. The molecule has 3 aromatic heterocycles. The van der Waals surface area contributed by atoms with E-state index < -0.39 is 0 Å². The minimum absolute atomic E-state index is 0. The number of thiazole rings is 1. The average molecular weight is 487 g/mol. The Bertz CT molecular complexity index is 821. The first-order valence-corrected chi connectivity index (χ1v) is 8.80. The van der Waals surface area contributed by atoms with E-state index in [1.165, 1.54) is 4.88 Å². The van der Waals surface area contributed by atoms with Crippen molar-refractivity contribution in [2.24, 2.45) is 4.99 Å². The Morgan fingerprint density at radius 3 is 2.81 bits per heavy atom. The number of aromatic amines is 1. The zero-order chi connectivity index (χ0) is 17.6. The maximum Gasteiger partial charge on any atom is 0.216 e. The van der Waals surface area contributed by atoms with Crippen molar-refractivity contribution in [3.8, 4) is 11.6 Å². The number of rotatable bonds is 6. The molecule has 0 spiro atoms. The summed E-state index contributed by atoms with van der Waals surface area (Å²) in [5.74, 6) is 2.75. The summed E-state index contributed by atoms with van der Waals surface area (Å²) in [5, 5.41) is 14.7. The highest BCUT2D eigenvalue weighted by atomic mass is 127. The van der Waals surface area contributed by atoms with E-state index in [1.54, 1.807) is 24.6 Å². The number of furan rings is 1. The number of guanidine groups is 1. The third-order valence-corrected chi connectivity index (χ3v) is 4.70. The monoisotopic (exact) mass is 487 g/mol. The quantitative estimate of drug-likeness (QED) is 0.281. The molecule has 0 amide bonds. The predicted molar refractivity (Wildman–Crippen MR) is 113 cm³/mol. The maximum atomic E-state index is 5.28. The first-order valence-electron chi connectivity index (χ1n) is 7.98. The second-order valence-corrected chi connectivity index (χ2v) is 6.72. The number of H-pyrrole nitrogens is 1. The molecule has 0 bridgehead atoms. The van der Waals surface area contributed by atoms with E-state index in [0.29, 0.717) is 31.1 Å². The molecule has 8 nitrogen and oxygen atoms in total. The molecule has 0 fully saturated rings. The second kappa shape index (κ2) is 9.67. The van der Waals surface area contributed by atoms with Crippen LogP contribution in [0.2, 0.25) is 0 Å². The fourth-order valence-corrected chi connectivity index (χ4v) is 3.09. The van der Waals surface area contributed by atoms with Crippen LogP contribution in [-0.2, 0) is 13.0 Å². The van der Waals surface area contributed by atoms with Crippen LogP contribution in [-0.4, -0.2) is 39.7 Å². The number of nitrogens with one attached hydrogen (secondary N) is 3. The molecule has 3 N–H and O–H groups in total. The van der Waals surface area contributed by atoms with E-state index in [-0.39, 0.29) is 24.0 Å². The van der Waals surface area contributed by atoms with Gasteiger partial charge in [-0.25, -0.2) is 9.97 Å². The van der Waals surface area contributed by atoms with Gasteiger partial charge in [-0.3, -0.25) is 10.1 Å². The van der Waals surface area contributed by atoms with Gasteiger partial charge in [-0.05, 0) is 26.0 Å². The summed E-state index contributed by atoms with van der Waals surface area (Å²) in [6.45, 7) is 5.45. The number of hydrogen-bond donors (Lipinski definition) is 3. The Morgan fingerprint density at radius 2 is 2.15 bits per heavy atom. The summed E-state index contributed by atoms with van der Waals surface area (Å²) in [6, 6.07) is 3.65. The number of nitrogens with zero attached hydrogens (tertiary/aromatic N) is 4. The molecule has 3 aromatic rings. The van der Waals surface area contributed by atoms with Crippen molar-refractivity contribution in [3.63, 3.8) is 0 Å². The summed E-state index contributed by atoms with van der Waals surface area (Å²) >= 11 is 1.70. The van der Waals surface area contributed by atoms with E-state index >= 15 is 0 Å². The predicted octanol–water partition coefficient (Wildman–Crippen LogP) is 2.66. The Balaban J connectivity index is 0.00000243. The number of hydrogen-bond acceptors (Lipinski definition) is 6. The normalized spacial score (nSPS) is 11.3. The lowest BCUT2D eigenvalue weighted by Gasteiger charge is -2.09. The van der Waals surface area contributed by atoms with Gasteiger partial charge in [0.15, 0.2) is 11.7 Å². The van der Waals surface area contributed by atoms with E-state index in [1.807, 2.05) is 19.1 Å². The van der Waals surface area contributed by atoms with Gasteiger partial charge in [0.1, 0.15) is 10.8 Å². The van der Waals surface area contributed by atoms with E-state index in [0.717, 1.165) is 22.5 Å². The molecule has 0 radical (unpaired) electrons. The molecule has 26 heavy (non-hydrogen) atoms. The highest BCUT2D eigenvalue weighted by molar-refractivity contribution is 14.0. The lowest BCUT2D eigenvalue weighted by atomic mass is 10.4. The SMILES string of the molecule is CN=C(NCCc1nc(-c2ccco2)n[nH]1)NCc1nc(C)c(C)s1.I. The molecule has 0 aliphatic heterocycles. The van der Waals surface area contributed by atoms with Gasteiger partial charge < -0.3 is 15.1 Å². The molecule has 0 aliphatic carbocycles. The number of aryl methyl sites for hydroxylation is 2.